The summed E-state index contributed by atoms with van der Waals surface area (Å²) in [5.74, 6) is -0.464. The number of nitrogens with zero attached hydrogens (tertiary/aromatic N) is 1. The summed E-state index contributed by atoms with van der Waals surface area (Å²) in [4.78, 5) is 23.0. The summed E-state index contributed by atoms with van der Waals surface area (Å²) in [6.45, 7) is 3.04. The summed E-state index contributed by atoms with van der Waals surface area (Å²) in [6, 6.07) is -1.05. The molecule has 1 unspecified atom stereocenters. The first kappa shape index (κ1) is 13.8. The molecule has 0 aromatic heterocycles. The maximum atomic E-state index is 10.8. The number of amides is 3. The lowest BCUT2D eigenvalue weighted by atomic mass is 10.0. The van der Waals surface area contributed by atoms with Gasteiger partial charge < -0.3 is 21.7 Å². The Kier molecular flexibility index (Phi) is 5.76. The fourth-order valence-corrected chi connectivity index (χ4v) is 2.12. The maximum Gasteiger partial charge on any atom is 0.315 e. The highest BCUT2D eigenvalue weighted by molar-refractivity contribution is 5.85. The van der Waals surface area contributed by atoms with E-state index in [0.717, 1.165) is 12.8 Å². The third-order valence-electron chi connectivity index (χ3n) is 3.07. The van der Waals surface area contributed by atoms with Crippen molar-refractivity contribution in [2.24, 2.45) is 11.5 Å². The molecule has 2 saturated heterocycles. The van der Waals surface area contributed by atoms with Gasteiger partial charge in [0.2, 0.25) is 5.91 Å². The number of carbonyl (C=O) groups is 2. The Morgan fingerprint density at radius 3 is 2.06 bits per heavy atom. The van der Waals surface area contributed by atoms with Crippen LogP contribution in [0.25, 0.3) is 0 Å². The number of hydrogen-bond donors (Lipinski definition) is 3. The van der Waals surface area contributed by atoms with Crippen molar-refractivity contribution in [3.8, 4) is 0 Å². The number of rotatable bonds is 1. The van der Waals surface area contributed by atoms with Crippen LogP contribution in [0.15, 0.2) is 0 Å². The zero-order valence-corrected chi connectivity index (χ0v) is 10.2. The molecule has 6 heteroatoms. The number of likely N-dealkylation sites (tertiary alicyclic amines) is 1. The summed E-state index contributed by atoms with van der Waals surface area (Å²) < 4.78 is 0. The lowest BCUT2D eigenvalue weighted by molar-refractivity contribution is -0.123. The lowest BCUT2D eigenvalue weighted by Gasteiger charge is -2.31. The molecule has 2 heterocycles. The zero-order chi connectivity index (χ0) is 12.7. The molecule has 3 amide bonds. The molecule has 0 aromatic rings. The highest BCUT2D eigenvalue weighted by atomic mass is 16.2. The first-order chi connectivity index (χ1) is 8.13. The van der Waals surface area contributed by atoms with E-state index in [1.165, 1.54) is 30.8 Å². The molecule has 1 atom stereocenters. The molecule has 0 aliphatic carbocycles. The van der Waals surface area contributed by atoms with Crippen molar-refractivity contribution in [1.29, 1.82) is 0 Å². The number of urea groups is 1. The van der Waals surface area contributed by atoms with Crippen LogP contribution in [-0.2, 0) is 4.79 Å². The van der Waals surface area contributed by atoms with Gasteiger partial charge in [-0.15, -0.1) is 0 Å². The summed E-state index contributed by atoms with van der Waals surface area (Å²) in [7, 11) is 0. The third kappa shape index (κ3) is 4.60. The van der Waals surface area contributed by atoms with E-state index in [-0.39, 0.29) is 0 Å². The van der Waals surface area contributed by atoms with E-state index in [0.29, 0.717) is 13.0 Å². The molecule has 2 rings (SSSR count). The molecule has 0 radical (unpaired) electrons. The second-order valence-corrected chi connectivity index (χ2v) is 4.40. The van der Waals surface area contributed by atoms with Crippen molar-refractivity contribution in [3.63, 3.8) is 0 Å². The van der Waals surface area contributed by atoms with Crippen molar-refractivity contribution < 1.29 is 9.59 Å². The molecule has 2 fully saturated rings. The number of hydrogen-bond acceptors (Lipinski definition) is 3. The van der Waals surface area contributed by atoms with Gasteiger partial charge in [-0.1, -0.05) is 0 Å². The van der Waals surface area contributed by atoms with Crippen molar-refractivity contribution in [1.82, 2.24) is 10.2 Å². The number of piperidine rings is 1. The number of nitrogens with two attached hydrogens (primary N) is 2. The molecule has 2 aliphatic heterocycles. The number of carbonyl (C=O) groups excluding carboxylic acids is 2. The van der Waals surface area contributed by atoms with Gasteiger partial charge >= 0.3 is 6.03 Å². The SMILES string of the molecule is C1CCNC1.NC(=O)C1CCCCN1C(N)=O. The first-order valence-electron chi connectivity index (χ1n) is 6.19. The minimum absolute atomic E-state index is 0.464. The Labute approximate surface area is 102 Å². The Bertz CT molecular complexity index is 237. The summed E-state index contributed by atoms with van der Waals surface area (Å²) in [5.41, 5.74) is 10.2. The van der Waals surface area contributed by atoms with E-state index >= 15 is 0 Å². The van der Waals surface area contributed by atoms with E-state index in [9.17, 15) is 9.59 Å². The molecule has 17 heavy (non-hydrogen) atoms. The smallest absolute Gasteiger partial charge is 0.315 e. The predicted molar refractivity (Wildman–Crippen MR) is 65.2 cm³/mol. The van der Waals surface area contributed by atoms with Crippen molar-refractivity contribution in [2.45, 2.75) is 38.1 Å². The van der Waals surface area contributed by atoms with Crippen LogP contribution in [0.4, 0.5) is 4.79 Å². The fourth-order valence-electron chi connectivity index (χ4n) is 2.12. The molecule has 98 valence electrons. The largest absolute Gasteiger partial charge is 0.368 e. The Balaban J connectivity index is 0.000000239. The Hall–Kier alpha value is -1.30. The van der Waals surface area contributed by atoms with Crippen LogP contribution in [0.3, 0.4) is 0 Å². The second kappa shape index (κ2) is 7.11. The minimum atomic E-state index is -0.557. The summed E-state index contributed by atoms with van der Waals surface area (Å²) in [5, 5.41) is 3.22. The molecule has 6 nitrogen and oxygen atoms in total. The summed E-state index contributed by atoms with van der Waals surface area (Å²) in [6.07, 6.45) is 5.24. The molecule has 0 saturated carbocycles. The average Bonchev–Trinajstić information content (AvgIpc) is 2.87. The zero-order valence-electron chi connectivity index (χ0n) is 10.2. The highest BCUT2D eigenvalue weighted by Gasteiger charge is 2.28. The Morgan fingerprint density at radius 2 is 1.71 bits per heavy atom. The van der Waals surface area contributed by atoms with Gasteiger partial charge in [-0.25, -0.2) is 4.79 Å². The molecular weight excluding hydrogens is 220 g/mol. The quantitative estimate of drug-likeness (QED) is 0.592. The molecule has 0 bridgehead atoms. The van der Waals surface area contributed by atoms with Crippen molar-refractivity contribution >= 4 is 11.9 Å². The predicted octanol–water partition coefficient (Wildman–Crippen LogP) is -0.225. The van der Waals surface area contributed by atoms with Gasteiger partial charge in [-0.3, -0.25) is 4.79 Å². The molecule has 2 aliphatic rings. The van der Waals surface area contributed by atoms with Gasteiger partial charge in [0.05, 0.1) is 0 Å². The number of nitrogens with one attached hydrogen (secondary N) is 1. The minimum Gasteiger partial charge on any atom is -0.368 e. The molecule has 5 N–H and O–H groups in total. The monoisotopic (exact) mass is 242 g/mol. The lowest BCUT2D eigenvalue weighted by Crippen LogP contribution is -2.52. The van der Waals surface area contributed by atoms with Crippen LogP contribution < -0.4 is 16.8 Å². The van der Waals surface area contributed by atoms with E-state index in [2.05, 4.69) is 5.32 Å². The second-order valence-electron chi connectivity index (χ2n) is 4.40. The van der Waals surface area contributed by atoms with Gasteiger partial charge in [0.1, 0.15) is 6.04 Å². The van der Waals surface area contributed by atoms with Crippen LogP contribution in [0.2, 0.25) is 0 Å². The average molecular weight is 242 g/mol. The van der Waals surface area contributed by atoms with Gasteiger partial charge in [-0.05, 0) is 45.2 Å². The van der Waals surface area contributed by atoms with Gasteiger partial charge in [0, 0.05) is 6.54 Å². The first-order valence-corrected chi connectivity index (χ1v) is 6.19. The van der Waals surface area contributed by atoms with Crippen LogP contribution in [0.1, 0.15) is 32.1 Å². The van der Waals surface area contributed by atoms with Crippen LogP contribution in [0.5, 0.6) is 0 Å². The van der Waals surface area contributed by atoms with Crippen LogP contribution in [0, 0.1) is 0 Å². The van der Waals surface area contributed by atoms with E-state index in [1.807, 2.05) is 0 Å². The van der Waals surface area contributed by atoms with Crippen molar-refractivity contribution in [3.05, 3.63) is 0 Å². The highest BCUT2D eigenvalue weighted by Crippen LogP contribution is 2.15. The maximum absolute atomic E-state index is 10.8. The summed E-state index contributed by atoms with van der Waals surface area (Å²) >= 11 is 0. The normalized spacial score (nSPS) is 23.8. The van der Waals surface area contributed by atoms with Gasteiger partial charge in [0.25, 0.3) is 0 Å². The molecular formula is C11H22N4O2. The van der Waals surface area contributed by atoms with Crippen LogP contribution >= 0.6 is 0 Å². The Morgan fingerprint density at radius 1 is 1.06 bits per heavy atom. The molecule has 0 aromatic carbocycles. The van der Waals surface area contributed by atoms with E-state index < -0.39 is 18.0 Å². The molecule has 0 spiro atoms. The topological polar surface area (TPSA) is 101 Å². The number of primary amides is 2. The van der Waals surface area contributed by atoms with E-state index in [1.54, 1.807) is 0 Å². The van der Waals surface area contributed by atoms with E-state index in [4.69, 9.17) is 11.5 Å². The van der Waals surface area contributed by atoms with Crippen LogP contribution in [-0.4, -0.2) is 42.5 Å². The van der Waals surface area contributed by atoms with Gasteiger partial charge in [0.15, 0.2) is 0 Å². The van der Waals surface area contributed by atoms with Gasteiger partial charge in [-0.2, -0.15) is 0 Å². The third-order valence-corrected chi connectivity index (χ3v) is 3.07. The standard InChI is InChI=1S/C7H13N3O2.C4H9N/c8-6(11)5-3-1-2-4-10(5)7(9)12;1-2-4-5-3-1/h5H,1-4H2,(H2,8,11)(H2,9,12);5H,1-4H2. The fraction of sp³-hybridized carbons (Fsp3) is 0.818. The van der Waals surface area contributed by atoms with Crippen molar-refractivity contribution in [2.75, 3.05) is 19.6 Å².